The number of Topliss-reactive ketones (excluding diaryl/α,β-unsaturated/α-hetero) is 1. The molecule has 0 spiro atoms. The van der Waals surface area contributed by atoms with Crippen molar-refractivity contribution in [3.63, 3.8) is 0 Å². The number of rotatable bonds is 0. The van der Waals surface area contributed by atoms with Gasteiger partial charge in [-0.1, -0.05) is 26.8 Å². The van der Waals surface area contributed by atoms with Crippen molar-refractivity contribution < 1.29 is 20.1 Å². The number of aliphatic hydroxyl groups excluding tert-OH is 1. The highest BCUT2D eigenvalue weighted by Crippen LogP contribution is 2.58. The lowest BCUT2D eigenvalue weighted by molar-refractivity contribution is -0.0545. The number of hydrogen-bond acceptors (Lipinski definition) is 4. The third-order valence-corrected chi connectivity index (χ3v) is 5.83. The Bertz CT molecular complexity index is 619. The number of fused-ring (bicyclic) bond motifs is 3. The number of carbonyl (C=O) groups excluding carboxylic acids is 1. The number of ketones is 1. The van der Waals surface area contributed by atoms with E-state index in [2.05, 4.69) is 13.8 Å². The second kappa shape index (κ2) is 4.23. The molecule has 3 atom stereocenters. The summed E-state index contributed by atoms with van der Waals surface area (Å²) in [5, 5.41) is 30.4. The number of phenolic OH excluding ortho intramolecular Hbond substituents is 2. The van der Waals surface area contributed by atoms with Gasteiger partial charge in [-0.05, 0) is 35.8 Å². The number of aliphatic hydroxyl groups is 1. The summed E-state index contributed by atoms with van der Waals surface area (Å²) in [4.78, 5) is 12.5. The fraction of sp³-hybridized carbons (Fsp3) is 0.588. The average Bonchev–Trinajstić information content (AvgIpc) is 2.41. The van der Waals surface area contributed by atoms with Crippen LogP contribution in [0.15, 0.2) is 12.1 Å². The Morgan fingerprint density at radius 1 is 1.19 bits per heavy atom. The Morgan fingerprint density at radius 3 is 2.52 bits per heavy atom. The van der Waals surface area contributed by atoms with Gasteiger partial charge in [-0.2, -0.15) is 0 Å². The lowest BCUT2D eigenvalue weighted by Gasteiger charge is -2.56. The molecule has 1 saturated carbocycles. The van der Waals surface area contributed by atoms with Gasteiger partial charge in [-0.25, -0.2) is 0 Å². The predicted molar refractivity (Wildman–Crippen MR) is 78.6 cm³/mol. The topological polar surface area (TPSA) is 77.8 Å². The lowest BCUT2D eigenvalue weighted by atomic mass is 9.49. The van der Waals surface area contributed by atoms with E-state index in [0.29, 0.717) is 18.4 Å². The molecule has 0 aromatic heterocycles. The highest BCUT2D eigenvalue weighted by molar-refractivity contribution is 6.02. The average molecular weight is 290 g/mol. The third kappa shape index (κ3) is 1.75. The van der Waals surface area contributed by atoms with E-state index in [4.69, 9.17) is 0 Å². The molecule has 0 radical (unpaired) electrons. The number of aromatic hydroxyl groups is 2. The summed E-state index contributed by atoms with van der Waals surface area (Å²) in [5.41, 5.74) is 0.232. The van der Waals surface area contributed by atoms with Crippen LogP contribution in [-0.2, 0) is 5.41 Å². The Kier molecular flexibility index (Phi) is 2.90. The van der Waals surface area contributed by atoms with Crippen LogP contribution >= 0.6 is 0 Å². The van der Waals surface area contributed by atoms with Gasteiger partial charge in [0.2, 0.25) is 0 Å². The fourth-order valence-electron chi connectivity index (χ4n) is 4.48. The van der Waals surface area contributed by atoms with Gasteiger partial charge < -0.3 is 15.3 Å². The Labute approximate surface area is 124 Å². The van der Waals surface area contributed by atoms with Crippen molar-refractivity contribution in [2.24, 2.45) is 11.3 Å². The molecule has 0 heterocycles. The fourth-order valence-corrected chi connectivity index (χ4v) is 4.48. The summed E-state index contributed by atoms with van der Waals surface area (Å²) in [6.45, 7) is 6.26. The van der Waals surface area contributed by atoms with Crippen molar-refractivity contribution in [2.45, 2.75) is 51.6 Å². The standard InChI is InChI=1S/C17H22O4/c1-16(2)7-6-13(20)17(3)9-4-5-10(18)15(21)14(9)11(19)8-12(16)17/h4-5,12-13,18,20-21H,6-8H2,1-3H3/t12-,13+,17+/m0/s1. The lowest BCUT2D eigenvalue weighted by Crippen LogP contribution is -2.56. The first-order chi connectivity index (χ1) is 9.69. The quantitative estimate of drug-likeness (QED) is 0.642. The molecule has 3 rings (SSSR count). The van der Waals surface area contributed by atoms with Crippen LogP contribution in [0.1, 0.15) is 56.0 Å². The maximum atomic E-state index is 12.5. The van der Waals surface area contributed by atoms with Crippen LogP contribution in [-0.4, -0.2) is 27.2 Å². The molecule has 0 bridgehead atoms. The smallest absolute Gasteiger partial charge is 0.168 e. The summed E-state index contributed by atoms with van der Waals surface area (Å²) in [6, 6.07) is 3.09. The molecule has 0 amide bonds. The largest absolute Gasteiger partial charge is 0.504 e. The molecule has 0 unspecified atom stereocenters. The van der Waals surface area contributed by atoms with Gasteiger partial charge in [0.1, 0.15) is 0 Å². The van der Waals surface area contributed by atoms with Crippen LogP contribution in [0.25, 0.3) is 0 Å². The van der Waals surface area contributed by atoms with Crippen molar-refractivity contribution >= 4 is 5.78 Å². The highest BCUT2D eigenvalue weighted by Gasteiger charge is 2.56. The molecular formula is C17H22O4. The van der Waals surface area contributed by atoms with E-state index in [-0.39, 0.29) is 34.2 Å². The first-order valence-corrected chi connectivity index (χ1v) is 7.46. The van der Waals surface area contributed by atoms with E-state index in [0.717, 1.165) is 6.42 Å². The molecule has 1 aromatic rings. The molecule has 0 aliphatic heterocycles. The zero-order valence-electron chi connectivity index (χ0n) is 12.7. The van der Waals surface area contributed by atoms with Crippen molar-refractivity contribution in [1.29, 1.82) is 0 Å². The second-order valence-electron chi connectivity index (χ2n) is 7.36. The minimum absolute atomic E-state index is 0.0256. The third-order valence-electron chi connectivity index (χ3n) is 5.83. The van der Waals surface area contributed by atoms with E-state index < -0.39 is 11.5 Å². The van der Waals surface area contributed by atoms with E-state index in [1.54, 1.807) is 6.07 Å². The zero-order chi connectivity index (χ0) is 15.6. The van der Waals surface area contributed by atoms with Crippen LogP contribution in [0.2, 0.25) is 0 Å². The molecule has 2 aliphatic rings. The van der Waals surface area contributed by atoms with Crippen molar-refractivity contribution in [3.8, 4) is 11.5 Å². The highest BCUT2D eigenvalue weighted by atomic mass is 16.3. The number of hydrogen-bond donors (Lipinski definition) is 3. The first-order valence-electron chi connectivity index (χ1n) is 7.46. The second-order valence-corrected chi connectivity index (χ2v) is 7.36. The molecule has 1 fully saturated rings. The van der Waals surface area contributed by atoms with Gasteiger partial charge in [0.15, 0.2) is 17.3 Å². The molecule has 114 valence electrons. The Balaban J connectivity index is 2.28. The molecular weight excluding hydrogens is 268 g/mol. The summed E-state index contributed by atoms with van der Waals surface area (Å²) in [6.07, 6.45) is 1.30. The van der Waals surface area contributed by atoms with Gasteiger partial charge in [-0.3, -0.25) is 4.79 Å². The maximum Gasteiger partial charge on any atom is 0.168 e. The normalized spacial score (nSPS) is 34.2. The number of benzene rings is 1. The van der Waals surface area contributed by atoms with E-state index >= 15 is 0 Å². The summed E-state index contributed by atoms with van der Waals surface area (Å²) < 4.78 is 0. The summed E-state index contributed by atoms with van der Waals surface area (Å²) >= 11 is 0. The Hall–Kier alpha value is -1.55. The van der Waals surface area contributed by atoms with Gasteiger partial charge >= 0.3 is 0 Å². The molecule has 21 heavy (non-hydrogen) atoms. The predicted octanol–water partition coefficient (Wildman–Crippen LogP) is 2.74. The number of carbonyl (C=O) groups is 1. The van der Waals surface area contributed by atoms with Crippen LogP contribution < -0.4 is 0 Å². The van der Waals surface area contributed by atoms with Crippen LogP contribution in [0.3, 0.4) is 0 Å². The van der Waals surface area contributed by atoms with Crippen LogP contribution in [0, 0.1) is 11.3 Å². The van der Waals surface area contributed by atoms with Crippen molar-refractivity contribution in [1.82, 2.24) is 0 Å². The van der Waals surface area contributed by atoms with Gasteiger partial charge in [-0.15, -0.1) is 0 Å². The van der Waals surface area contributed by atoms with Gasteiger partial charge in [0.05, 0.1) is 11.7 Å². The molecule has 4 heteroatoms. The molecule has 0 saturated heterocycles. The maximum absolute atomic E-state index is 12.5. The van der Waals surface area contributed by atoms with Crippen molar-refractivity contribution in [3.05, 3.63) is 23.3 Å². The molecule has 2 aliphatic carbocycles. The minimum atomic E-state index is -0.573. The number of phenols is 2. The molecule has 4 nitrogen and oxygen atoms in total. The van der Waals surface area contributed by atoms with Crippen LogP contribution in [0.4, 0.5) is 0 Å². The van der Waals surface area contributed by atoms with Gasteiger partial charge in [0.25, 0.3) is 0 Å². The molecule has 3 N–H and O–H groups in total. The minimum Gasteiger partial charge on any atom is -0.504 e. The Morgan fingerprint density at radius 2 is 1.86 bits per heavy atom. The van der Waals surface area contributed by atoms with E-state index in [1.165, 1.54) is 6.07 Å². The molecule has 1 aromatic carbocycles. The first kappa shape index (κ1) is 14.4. The van der Waals surface area contributed by atoms with E-state index in [9.17, 15) is 20.1 Å². The van der Waals surface area contributed by atoms with E-state index in [1.807, 2.05) is 6.92 Å². The SMILES string of the molecule is CC1(C)CC[C@@H](O)[C@]2(C)c3ccc(O)c(O)c3C(=O)C[C@@H]12. The monoisotopic (exact) mass is 290 g/mol. The summed E-state index contributed by atoms with van der Waals surface area (Å²) in [7, 11) is 0. The van der Waals surface area contributed by atoms with Crippen LogP contribution in [0.5, 0.6) is 11.5 Å². The van der Waals surface area contributed by atoms with Gasteiger partial charge in [0, 0.05) is 11.8 Å². The zero-order valence-corrected chi connectivity index (χ0v) is 12.7. The summed E-state index contributed by atoms with van der Waals surface area (Å²) in [5.74, 6) is -0.762. The van der Waals surface area contributed by atoms with Crippen molar-refractivity contribution in [2.75, 3.05) is 0 Å².